The molecule has 1 N–H and O–H groups in total. The molecule has 9 heteroatoms. The molecule has 0 aliphatic rings. The van der Waals surface area contributed by atoms with Gasteiger partial charge in [-0.15, -0.1) is 0 Å². The molecule has 0 aromatic carbocycles. The lowest BCUT2D eigenvalue weighted by atomic mass is 10.0. The van der Waals surface area contributed by atoms with Crippen molar-refractivity contribution in [1.29, 1.82) is 0 Å². The maximum absolute atomic E-state index is 12.7. The van der Waals surface area contributed by atoms with Gasteiger partial charge >= 0.3 is 13.8 Å². The molecule has 0 bridgehead atoms. The number of hydrogen-bond donors (Lipinski definition) is 1. The summed E-state index contributed by atoms with van der Waals surface area (Å²) in [6.45, 7) is 5.59. The molecule has 8 nitrogen and oxygen atoms in total. The van der Waals surface area contributed by atoms with E-state index in [-0.39, 0.29) is 25.8 Å². The number of phosphoric ester groups is 1. The van der Waals surface area contributed by atoms with Crippen LogP contribution >= 0.6 is 7.82 Å². The summed E-state index contributed by atoms with van der Waals surface area (Å²) in [6, 6.07) is 0. The lowest BCUT2D eigenvalue weighted by Crippen LogP contribution is -2.37. The van der Waals surface area contributed by atoms with Crippen LogP contribution in [-0.2, 0) is 27.9 Å². The van der Waals surface area contributed by atoms with Gasteiger partial charge in [-0.05, 0) is 38.5 Å². The zero-order valence-electron chi connectivity index (χ0n) is 35.5. The number of likely N-dealkylation sites (N-methyl/N-ethyl adjacent to an activating group) is 1. The molecule has 0 rings (SSSR count). The number of quaternary nitrogens is 1. The number of phosphoric acid groups is 1. The number of carbonyl (C=O) groups is 1. The Hall–Kier alpha value is -1.02. The van der Waals surface area contributed by atoms with Crippen LogP contribution in [0.4, 0.5) is 0 Å². The number of hydrogen-bond acceptors (Lipinski definition) is 6. The van der Waals surface area contributed by atoms with E-state index in [1.807, 2.05) is 21.1 Å². The van der Waals surface area contributed by atoms with Gasteiger partial charge < -0.3 is 18.9 Å². The van der Waals surface area contributed by atoms with E-state index >= 15 is 0 Å². The Labute approximate surface area is 328 Å². The van der Waals surface area contributed by atoms with Crippen molar-refractivity contribution < 1.29 is 37.3 Å². The first-order valence-corrected chi connectivity index (χ1v) is 23.6. The van der Waals surface area contributed by atoms with Crippen LogP contribution in [0.1, 0.15) is 194 Å². The van der Waals surface area contributed by atoms with Gasteiger partial charge in [0, 0.05) is 13.0 Å². The smallest absolute Gasteiger partial charge is 0.457 e. The van der Waals surface area contributed by atoms with E-state index in [0.29, 0.717) is 24.1 Å². The van der Waals surface area contributed by atoms with Crippen LogP contribution in [-0.4, -0.2) is 75.6 Å². The quantitative estimate of drug-likeness (QED) is 0.0217. The van der Waals surface area contributed by atoms with Gasteiger partial charge in [-0.25, -0.2) is 4.57 Å². The Morgan fingerprint density at radius 1 is 0.585 bits per heavy atom. The molecule has 0 heterocycles. The third kappa shape index (κ3) is 42.0. The van der Waals surface area contributed by atoms with E-state index in [1.165, 1.54) is 116 Å². The van der Waals surface area contributed by atoms with Gasteiger partial charge in [0.15, 0.2) is 0 Å². The number of allylic oxidation sites excluding steroid dienone is 4. The second kappa shape index (κ2) is 37.9. The number of ether oxygens (including phenoxy) is 2. The summed E-state index contributed by atoms with van der Waals surface area (Å²) >= 11 is 0. The molecule has 53 heavy (non-hydrogen) atoms. The fourth-order valence-corrected chi connectivity index (χ4v) is 6.78. The maximum Gasteiger partial charge on any atom is 0.472 e. The van der Waals surface area contributed by atoms with Crippen LogP contribution in [0.5, 0.6) is 0 Å². The average molecular weight is 773 g/mol. The second-order valence-electron chi connectivity index (χ2n) is 16.1. The molecule has 0 saturated heterocycles. The van der Waals surface area contributed by atoms with Gasteiger partial charge in [0.25, 0.3) is 0 Å². The summed E-state index contributed by atoms with van der Waals surface area (Å²) in [5.41, 5.74) is 0. The number of esters is 1. The van der Waals surface area contributed by atoms with Crippen molar-refractivity contribution in [2.24, 2.45) is 0 Å². The van der Waals surface area contributed by atoms with Crippen LogP contribution in [0.25, 0.3) is 0 Å². The van der Waals surface area contributed by atoms with Gasteiger partial charge in [0.2, 0.25) is 0 Å². The van der Waals surface area contributed by atoms with Crippen molar-refractivity contribution >= 4 is 13.8 Å². The normalized spacial score (nSPS) is 14.0. The standard InChI is InChI=1S/C44H86NO7P/c1-6-8-10-12-14-16-18-20-22-23-24-26-28-30-32-34-36-39-49-41-43(42-51-53(47,48)50-40-38-45(3,4)5)52-44(46)37-35-33-31-29-27-25-21-19-17-15-13-11-9-7-2/h13,15,19,21,43H,6-12,14,16-18,20,22-42H2,1-5H3/p+1/b15-13-,21-19-. The van der Waals surface area contributed by atoms with E-state index in [0.717, 1.165) is 57.8 Å². The molecule has 2 unspecified atom stereocenters. The lowest BCUT2D eigenvalue weighted by Gasteiger charge is -2.24. The van der Waals surface area contributed by atoms with E-state index in [1.54, 1.807) is 0 Å². The first-order valence-electron chi connectivity index (χ1n) is 22.1. The van der Waals surface area contributed by atoms with Crippen molar-refractivity contribution in [3.05, 3.63) is 24.3 Å². The molecule has 314 valence electrons. The summed E-state index contributed by atoms with van der Waals surface area (Å²) < 4.78 is 35.0. The Bertz CT molecular complexity index is 905. The Morgan fingerprint density at radius 3 is 1.58 bits per heavy atom. The van der Waals surface area contributed by atoms with Crippen molar-refractivity contribution in [3.63, 3.8) is 0 Å². The fourth-order valence-electron chi connectivity index (χ4n) is 6.04. The maximum atomic E-state index is 12.7. The lowest BCUT2D eigenvalue weighted by molar-refractivity contribution is -0.870. The van der Waals surface area contributed by atoms with E-state index in [9.17, 15) is 14.3 Å². The summed E-state index contributed by atoms with van der Waals surface area (Å²) in [7, 11) is 1.66. The van der Waals surface area contributed by atoms with E-state index < -0.39 is 13.9 Å². The molecular weight excluding hydrogens is 685 g/mol. The molecule has 0 aliphatic carbocycles. The van der Waals surface area contributed by atoms with Gasteiger partial charge in [-0.3, -0.25) is 13.8 Å². The predicted molar refractivity (Wildman–Crippen MR) is 224 cm³/mol. The number of unbranched alkanes of at least 4 members (excludes halogenated alkanes) is 23. The molecule has 0 aromatic rings. The Balaban J connectivity index is 4.22. The highest BCUT2D eigenvalue weighted by molar-refractivity contribution is 7.47. The molecule has 2 atom stereocenters. The largest absolute Gasteiger partial charge is 0.472 e. The first kappa shape index (κ1) is 52.0. The summed E-state index contributed by atoms with van der Waals surface area (Å²) in [4.78, 5) is 22.9. The summed E-state index contributed by atoms with van der Waals surface area (Å²) in [6.07, 6.45) is 42.0. The number of rotatable bonds is 41. The van der Waals surface area contributed by atoms with Gasteiger partial charge in [-0.2, -0.15) is 0 Å². The molecular formula is C44H87NO7P+. The monoisotopic (exact) mass is 773 g/mol. The highest BCUT2D eigenvalue weighted by atomic mass is 31.2. The zero-order chi connectivity index (χ0) is 39.1. The van der Waals surface area contributed by atoms with Crippen LogP contribution in [0.15, 0.2) is 24.3 Å². The minimum Gasteiger partial charge on any atom is -0.457 e. The minimum atomic E-state index is -4.27. The SMILES string of the molecule is CCCC/C=C\C/C=C\CCCCCCCC(=O)OC(COCCCCCCCCCCCCCCCCCCC)COP(=O)(O)OCC[N+](C)(C)C. The van der Waals surface area contributed by atoms with Crippen molar-refractivity contribution in [3.8, 4) is 0 Å². The Morgan fingerprint density at radius 2 is 1.06 bits per heavy atom. The van der Waals surface area contributed by atoms with Crippen molar-refractivity contribution in [2.75, 3.05) is 54.1 Å². The minimum absolute atomic E-state index is 0.0876. The predicted octanol–water partition coefficient (Wildman–Crippen LogP) is 12.8. The zero-order valence-corrected chi connectivity index (χ0v) is 36.4. The second-order valence-corrected chi connectivity index (χ2v) is 17.5. The molecule has 0 saturated carbocycles. The number of carbonyl (C=O) groups excluding carboxylic acids is 1. The number of nitrogens with zero attached hydrogens (tertiary/aromatic N) is 1. The molecule has 0 aliphatic heterocycles. The summed E-state index contributed by atoms with van der Waals surface area (Å²) in [5.74, 6) is -0.325. The van der Waals surface area contributed by atoms with E-state index in [2.05, 4.69) is 38.2 Å². The van der Waals surface area contributed by atoms with Crippen molar-refractivity contribution in [2.45, 2.75) is 200 Å². The van der Waals surface area contributed by atoms with Crippen LogP contribution in [0.2, 0.25) is 0 Å². The molecule has 0 amide bonds. The van der Waals surface area contributed by atoms with Crippen LogP contribution in [0.3, 0.4) is 0 Å². The van der Waals surface area contributed by atoms with E-state index in [4.69, 9.17) is 18.5 Å². The molecule has 0 spiro atoms. The third-order valence-electron chi connectivity index (χ3n) is 9.52. The average Bonchev–Trinajstić information content (AvgIpc) is 3.11. The van der Waals surface area contributed by atoms with Crippen LogP contribution < -0.4 is 0 Å². The topological polar surface area (TPSA) is 91.3 Å². The summed E-state index contributed by atoms with van der Waals surface area (Å²) in [5, 5.41) is 0. The Kier molecular flexibility index (Phi) is 37.2. The highest BCUT2D eigenvalue weighted by Gasteiger charge is 2.26. The third-order valence-corrected chi connectivity index (χ3v) is 10.5. The van der Waals surface area contributed by atoms with Crippen LogP contribution in [0, 0.1) is 0 Å². The molecule has 0 radical (unpaired) electrons. The fraction of sp³-hybridized carbons (Fsp3) is 0.886. The first-order chi connectivity index (χ1) is 25.6. The molecule has 0 aromatic heterocycles. The molecule has 0 fully saturated rings. The van der Waals surface area contributed by atoms with Gasteiger partial charge in [-0.1, -0.05) is 173 Å². The van der Waals surface area contributed by atoms with Gasteiger partial charge in [0.05, 0.1) is 34.4 Å². The van der Waals surface area contributed by atoms with Crippen molar-refractivity contribution in [1.82, 2.24) is 0 Å². The highest BCUT2D eigenvalue weighted by Crippen LogP contribution is 2.43. The van der Waals surface area contributed by atoms with Gasteiger partial charge in [0.1, 0.15) is 19.3 Å².